The molecule has 0 radical (unpaired) electrons. The molecule has 1 amide bonds. The Morgan fingerprint density at radius 2 is 1.89 bits per heavy atom. The van der Waals surface area contributed by atoms with E-state index in [1.165, 1.54) is 18.4 Å². The van der Waals surface area contributed by atoms with Gasteiger partial charge in [-0.3, -0.25) is 20.1 Å². The second-order valence-electron chi connectivity index (χ2n) is 9.61. The lowest BCUT2D eigenvalue weighted by Crippen LogP contribution is -2.45. The number of carbonyl (C=O) groups is 1. The SMILES string of the molecule is N#Cc1ncc(Br)c(N(CC2CCCC2)NC(=O)c2ccc(CN3CCC(CCO)CC3)cc2)n1. The zero-order valence-electron chi connectivity index (χ0n) is 20.0. The number of hydrogen-bond donors (Lipinski definition) is 2. The third kappa shape index (κ3) is 7.00. The first kappa shape index (κ1) is 25.5. The maximum absolute atomic E-state index is 13.2. The van der Waals surface area contributed by atoms with Crippen LogP contribution in [0.1, 0.15) is 66.7 Å². The fourth-order valence-corrected chi connectivity index (χ4v) is 5.47. The molecule has 2 aromatic rings. The van der Waals surface area contributed by atoms with Gasteiger partial charge in [-0.25, -0.2) is 4.98 Å². The van der Waals surface area contributed by atoms with Gasteiger partial charge in [-0.2, -0.15) is 10.2 Å². The van der Waals surface area contributed by atoms with Crippen LogP contribution in [0, 0.1) is 23.2 Å². The molecule has 0 bridgehead atoms. The molecule has 0 unspecified atom stereocenters. The fraction of sp³-hybridized carbons (Fsp3) is 0.538. The number of rotatable bonds is 9. The zero-order valence-corrected chi connectivity index (χ0v) is 21.6. The zero-order chi connectivity index (χ0) is 24.6. The molecule has 9 heteroatoms. The van der Waals surface area contributed by atoms with Gasteiger partial charge in [0.05, 0.1) is 4.47 Å². The largest absolute Gasteiger partial charge is 0.396 e. The molecule has 1 aliphatic heterocycles. The molecule has 1 aromatic carbocycles. The maximum atomic E-state index is 13.2. The van der Waals surface area contributed by atoms with Gasteiger partial charge in [-0.1, -0.05) is 25.0 Å². The summed E-state index contributed by atoms with van der Waals surface area (Å²) in [5.41, 5.74) is 4.78. The second-order valence-corrected chi connectivity index (χ2v) is 10.5. The van der Waals surface area contributed by atoms with Gasteiger partial charge in [0.2, 0.25) is 5.82 Å². The summed E-state index contributed by atoms with van der Waals surface area (Å²) in [4.78, 5) is 24.0. The molecule has 0 spiro atoms. The monoisotopic (exact) mass is 540 g/mol. The number of nitriles is 1. The van der Waals surface area contributed by atoms with E-state index in [2.05, 4.69) is 36.2 Å². The average molecular weight is 541 g/mol. The summed E-state index contributed by atoms with van der Waals surface area (Å²) in [7, 11) is 0. The first-order valence-corrected chi connectivity index (χ1v) is 13.3. The summed E-state index contributed by atoms with van der Waals surface area (Å²) in [6.45, 7) is 3.87. The van der Waals surface area contributed by atoms with Crippen LogP contribution in [0.5, 0.6) is 0 Å². The van der Waals surface area contributed by atoms with Crippen LogP contribution in [0.25, 0.3) is 0 Å². The summed E-state index contributed by atoms with van der Waals surface area (Å²) in [5.74, 6) is 1.46. The molecule has 1 aromatic heterocycles. The van der Waals surface area contributed by atoms with Crippen molar-refractivity contribution in [1.82, 2.24) is 20.3 Å². The van der Waals surface area contributed by atoms with Crippen molar-refractivity contribution in [3.05, 3.63) is 51.9 Å². The fourth-order valence-electron chi connectivity index (χ4n) is 5.06. The lowest BCUT2D eigenvalue weighted by atomic mass is 9.93. The Kier molecular flexibility index (Phi) is 9.07. The number of aliphatic hydroxyl groups is 1. The van der Waals surface area contributed by atoms with E-state index in [9.17, 15) is 10.1 Å². The molecule has 2 fully saturated rings. The van der Waals surface area contributed by atoms with Crippen molar-refractivity contribution >= 4 is 27.7 Å². The number of anilines is 1. The lowest BCUT2D eigenvalue weighted by Gasteiger charge is -2.31. The Balaban J connectivity index is 1.41. The lowest BCUT2D eigenvalue weighted by molar-refractivity contribution is 0.0946. The summed E-state index contributed by atoms with van der Waals surface area (Å²) >= 11 is 3.48. The van der Waals surface area contributed by atoms with Gasteiger partial charge in [0.15, 0.2) is 5.82 Å². The van der Waals surface area contributed by atoms with Crippen molar-refractivity contribution in [3.8, 4) is 6.07 Å². The molecule has 0 atom stereocenters. The van der Waals surface area contributed by atoms with Crippen LogP contribution >= 0.6 is 15.9 Å². The van der Waals surface area contributed by atoms with Crippen LogP contribution in [-0.2, 0) is 6.54 Å². The number of piperidine rings is 1. The van der Waals surface area contributed by atoms with Gasteiger partial charge in [0, 0.05) is 31.5 Å². The molecule has 1 saturated carbocycles. The summed E-state index contributed by atoms with van der Waals surface area (Å²) in [6.07, 6.45) is 9.34. The molecule has 2 N–H and O–H groups in total. The van der Waals surface area contributed by atoms with E-state index in [1.54, 1.807) is 11.2 Å². The highest BCUT2D eigenvalue weighted by Gasteiger charge is 2.24. The minimum Gasteiger partial charge on any atom is -0.396 e. The Bertz CT molecular complexity index is 1030. The third-order valence-corrected chi connectivity index (χ3v) is 7.66. The predicted molar refractivity (Wildman–Crippen MR) is 137 cm³/mol. The first-order chi connectivity index (χ1) is 17.1. The van der Waals surface area contributed by atoms with E-state index in [0.29, 0.717) is 34.2 Å². The highest BCUT2D eigenvalue weighted by Crippen LogP contribution is 2.29. The van der Waals surface area contributed by atoms with Crippen LogP contribution in [0.15, 0.2) is 34.9 Å². The summed E-state index contributed by atoms with van der Waals surface area (Å²) in [5, 5.41) is 20.2. The highest BCUT2D eigenvalue weighted by molar-refractivity contribution is 9.10. The second kappa shape index (κ2) is 12.4. The Labute approximate surface area is 215 Å². The van der Waals surface area contributed by atoms with Gasteiger partial charge in [0.25, 0.3) is 5.91 Å². The van der Waals surface area contributed by atoms with Gasteiger partial charge in [-0.05, 0) is 90.7 Å². The summed E-state index contributed by atoms with van der Waals surface area (Å²) < 4.78 is 0.632. The van der Waals surface area contributed by atoms with Crippen molar-refractivity contribution in [2.45, 2.75) is 51.5 Å². The van der Waals surface area contributed by atoms with Crippen molar-refractivity contribution < 1.29 is 9.90 Å². The molecule has 1 aliphatic carbocycles. The quantitative estimate of drug-likeness (QED) is 0.462. The van der Waals surface area contributed by atoms with Crippen LogP contribution in [0.2, 0.25) is 0 Å². The number of aromatic nitrogens is 2. The number of halogens is 1. The van der Waals surface area contributed by atoms with E-state index in [-0.39, 0.29) is 18.3 Å². The van der Waals surface area contributed by atoms with Crippen molar-refractivity contribution in [1.29, 1.82) is 5.26 Å². The van der Waals surface area contributed by atoms with Crippen LogP contribution in [-0.4, -0.2) is 52.1 Å². The molecule has 8 nitrogen and oxygen atoms in total. The van der Waals surface area contributed by atoms with E-state index in [1.807, 2.05) is 30.3 Å². The molecule has 186 valence electrons. The normalized spacial score (nSPS) is 17.3. The number of hydrogen-bond acceptors (Lipinski definition) is 7. The van der Waals surface area contributed by atoms with E-state index in [0.717, 1.165) is 51.7 Å². The molecule has 2 heterocycles. The molecule has 2 aliphatic rings. The van der Waals surface area contributed by atoms with Crippen LogP contribution in [0.3, 0.4) is 0 Å². The highest BCUT2D eigenvalue weighted by atomic mass is 79.9. The molecule has 35 heavy (non-hydrogen) atoms. The van der Waals surface area contributed by atoms with Crippen LogP contribution < -0.4 is 10.4 Å². The minimum absolute atomic E-state index is 0.0682. The molecular formula is C26H33BrN6O2. The number of amides is 1. The number of aliphatic hydroxyl groups excluding tert-OH is 1. The number of benzene rings is 1. The predicted octanol–water partition coefficient (Wildman–Crippen LogP) is 4.05. The standard InChI is InChI=1S/C26H33BrN6O2/c27-23-16-29-24(15-28)30-25(23)33(18-20-3-1-2-4-20)31-26(35)22-7-5-21(6-8-22)17-32-12-9-19(10-13-32)11-14-34/h5-8,16,19-20,34H,1-4,9-14,17-18H2,(H,31,35). The molecular weight excluding hydrogens is 508 g/mol. The average Bonchev–Trinajstić information content (AvgIpc) is 3.39. The van der Waals surface area contributed by atoms with E-state index < -0.39 is 0 Å². The van der Waals surface area contributed by atoms with E-state index >= 15 is 0 Å². The number of likely N-dealkylation sites (tertiary alicyclic amines) is 1. The Morgan fingerprint density at radius 3 is 2.54 bits per heavy atom. The third-order valence-electron chi connectivity index (χ3n) is 7.10. The smallest absolute Gasteiger partial charge is 0.269 e. The number of nitrogens with one attached hydrogen (secondary N) is 1. The van der Waals surface area contributed by atoms with Crippen molar-refractivity contribution in [2.24, 2.45) is 11.8 Å². The van der Waals surface area contributed by atoms with Gasteiger partial charge < -0.3 is 5.11 Å². The summed E-state index contributed by atoms with van der Waals surface area (Å²) in [6, 6.07) is 9.75. The van der Waals surface area contributed by atoms with Crippen molar-refractivity contribution in [3.63, 3.8) is 0 Å². The maximum Gasteiger partial charge on any atom is 0.269 e. The number of carbonyl (C=O) groups excluding carboxylic acids is 1. The topological polar surface area (TPSA) is 105 Å². The van der Waals surface area contributed by atoms with Crippen molar-refractivity contribution in [2.75, 3.05) is 31.3 Å². The van der Waals surface area contributed by atoms with E-state index in [4.69, 9.17) is 5.11 Å². The molecule has 4 rings (SSSR count). The number of nitrogens with zero attached hydrogens (tertiary/aromatic N) is 5. The minimum atomic E-state index is -0.205. The Morgan fingerprint density at radius 1 is 1.17 bits per heavy atom. The van der Waals surface area contributed by atoms with Gasteiger partial charge in [0.1, 0.15) is 6.07 Å². The van der Waals surface area contributed by atoms with Gasteiger partial charge in [-0.15, -0.1) is 0 Å². The number of hydrazine groups is 1. The van der Waals surface area contributed by atoms with Crippen LogP contribution in [0.4, 0.5) is 5.82 Å². The van der Waals surface area contributed by atoms with Gasteiger partial charge >= 0.3 is 0 Å². The molecule has 1 saturated heterocycles. The Hall–Kier alpha value is -2.54. The first-order valence-electron chi connectivity index (χ1n) is 12.5.